The van der Waals surface area contributed by atoms with E-state index in [0.717, 1.165) is 30.7 Å². The third-order valence-electron chi connectivity index (χ3n) is 3.40. The lowest BCUT2D eigenvalue weighted by Crippen LogP contribution is -2.42. The molecule has 98 valence electrons. The monoisotopic (exact) mass is 248 g/mol. The van der Waals surface area contributed by atoms with Gasteiger partial charge < -0.3 is 15.8 Å². The Labute approximate surface area is 108 Å². The summed E-state index contributed by atoms with van der Waals surface area (Å²) in [6.45, 7) is 0.738. The highest BCUT2D eigenvalue weighted by Gasteiger charge is 2.25. The van der Waals surface area contributed by atoms with Crippen LogP contribution in [0.2, 0.25) is 0 Å². The molecule has 0 unspecified atom stereocenters. The molecule has 0 aliphatic heterocycles. The minimum atomic E-state index is 0.0416. The molecule has 4 heteroatoms. The molecule has 2 rings (SSSR count). The zero-order chi connectivity index (χ0) is 13.0. The van der Waals surface area contributed by atoms with Crippen LogP contribution in [0, 0.1) is 5.92 Å². The fourth-order valence-corrected chi connectivity index (χ4v) is 2.30. The molecule has 0 heterocycles. The van der Waals surface area contributed by atoms with Crippen LogP contribution in [0.5, 0.6) is 5.75 Å². The quantitative estimate of drug-likeness (QED) is 0.820. The highest BCUT2D eigenvalue weighted by atomic mass is 16.5. The highest BCUT2D eigenvalue weighted by Crippen LogP contribution is 2.24. The first-order valence-electron chi connectivity index (χ1n) is 6.33. The van der Waals surface area contributed by atoms with E-state index in [0.29, 0.717) is 18.4 Å². The third kappa shape index (κ3) is 3.23. The molecule has 1 amide bonds. The Bertz CT molecular complexity index is 414. The van der Waals surface area contributed by atoms with E-state index < -0.39 is 0 Å². The SMILES string of the molecule is COc1ccccc1CC(=O)NCC1CC(N)C1. The van der Waals surface area contributed by atoms with Crippen LogP contribution in [0.15, 0.2) is 24.3 Å². The van der Waals surface area contributed by atoms with Gasteiger partial charge in [-0.25, -0.2) is 0 Å². The van der Waals surface area contributed by atoms with Gasteiger partial charge in [0.05, 0.1) is 13.5 Å². The molecule has 4 nitrogen and oxygen atoms in total. The van der Waals surface area contributed by atoms with Gasteiger partial charge in [0.2, 0.25) is 5.91 Å². The smallest absolute Gasteiger partial charge is 0.224 e. The molecule has 1 aliphatic rings. The molecule has 1 aliphatic carbocycles. The summed E-state index contributed by atoms with van der Waals surface area (Å²) >= 11 is 0. The maximum absolute atomic E-state index is 11.8. The summed E-state index contributed by atoms with van der Waals surface area (Å²) in [4.78, 5) is 11.8. The summed E-state index contributed by atoms with van der Waals surface area (Å²) in [6.07, 6.45) is 2.41. The number of nitrogens with one attached hydrogen (secondary N) is 1. The van der Waals surface area contributed by atoms with E-state index in [1.54, 1.807) is 7.11 Å². The van der Waals surface area contributed by atoms with Gasteiger partial charge in [-0.2, -0.15) is 0 Å². The normalized spacial score (nSPS) is 22.1. The van der Waals surface area contributed by atoms with Gasteiger partial charge >= 0.3 is 0 Å². The van der Waals surface area contributed by atoms with E-state index in [2.05, 4.69) is 5.32 Å². The Hall–Kier alpha value is -1.55. The highest BCUT2D eigenvalue weighted by molar-refractivity contribution is 5.79. The van der Waals surface area contributed by atoms with Crippen molar-refractivity contribution in [3.8, 4) is 5.75 Å². The van der Waals surface area contributed by atoms with E-state index in [1.165, 1.54) is 0 Å². The van der Waals surface area contributed by atoms with E-state index >= 15 is 0 Å². The van der Waals surface area contributed by atoms with Crippen LogP contribution in [-0.2, 0) is 11.2 Å². The summed E-state index contributed by atoms with van der Waals surface area (Å²) in [5.74, 6) is 1.36. The number of benzene rings is 1. The van der Waals surface area contributed by atoms with E-state index in [1.807, 2.05) is 24.3 Å². The van der Waals surface area contributed by atoms with Gasteiger partial charge in [-0.1, -0.05) is 18.2 Å². The minimum Gasteiger partial charge on any atom is -0.496 e. The molecule has 0 atom stereocenters. The Morgan fingerprint density at radius 3 is 2.83 bits per heavy atom. The second kappa shape index (κ2) is 5.87. The number of ether oxygens (including phenoxy) is 1. The molecule has 1 aromatic carbocycles. The first-order chi connectivity index (χ1) is 8.69. The van der Waals surface area contributed by atoms with E-state index in [9.17, 15) is 4.79 Å². The molecule has 1 saturated carbocycles. The maximum Gasteiger partial charge on any atom is 0.224 e. The van der Waals surface area contributed by atoms with Crippen LogP contribution in [0.1, 0.15) is 18.4 Å². The van der Waals surface area contributed by atoms with E-state index in [-0.39, 0.29) is 5.91 Å². The minimum absolute atomic E-state index is 0.0416. The van der Waals surface area contributed by atoms with Gasteiger partial charge in [0.1, 0.15) is 5.75 Å². The number of carbonyl (C=O) groups excluding carboxylic acids is 1. The molecular formula is C14H20N2O2. The lowest BCUT2D eigenvalue weighted by atomic mass is 9.81. The number of nitrogens with two attached hydrogens (primary N) is 1. The number of rotatable bonds is 5. The molecular weight excluding hydrogens is 228 g/mol. The van der Waals surface area contributed by atoms with Crippen LogP contribution < -0.4 is 15.8 Å². The van der Waals surface area contributed by atoms with Crippen LogP contribution in [0.4, 0.5) is 0 Å². The Balaban J connectivity index is 1.79. The number of hydrogen-bond acceptors (Lipinski definition) is 3. The zero-order valence-electron chi connectivity index (χ0n) is 10.7. The van der Waals surface area contributed by atoms with Crippen LogP contribution in [-0.4, -0.2) is 25.6 Å². The van der Waals surface area contributed by atoms with Crippen molar-refractivity contribution in [3.63, 3.8) is 0 Å². The summed E-state index contributed by atoms with van der Waals surface area (Å²) in [7, 11) is 1.62. The first-order valence-corrected chi connectivity index (χ1v) is 6.33. The third-order valence-corrected chi connectivity index (χ3v) is 3.40. The fourth-order valence-electron chi connectivity index (χ4n) is 2.30. The summed E-state index contributed by atoms with van der Waals surface area (Å²) in [5.41, 5.74) is 6.63. The van der Waals surface area contributed by atoms with Gasteiger partial charge in [-0.05, 0) is 24.8 Å². The first kappa shape index (κ1) is 12.9. The summed E-state index contributed by atoms with van der Waals surface area (Å²) < 4.78 is 5.22. The molecule has 0 radical (unpaired) electrons. The van der Waals surface area contributed by atoms with Gasteiger partial charge in [0.25, 0.3) is 0 Å². The van der Waals surface area contributed by atoms with Crippen molar-refractivity contribution in [2.45, 2.75) is 25.3 Å². The molecule has 1 fully saturated rings. The summed E-state index contributed by atoms with van der Waals surface area (Å²) in [5, 5.41) is 2.95. The van der Waals surface area contributed by atoms with Crippen molar-refractivity contribution in [3.05, 3.63) is 29.8 Å². The Kier molecular flexibility index (Phi) is 4.20. The number of carbonyl (C=O) groups is 1. The second-order valence-electron chi connectivity index (χ2n) is 4.89. The van der Waals surface area contributed by atoms with Gasteiger partial charge in [-0.3, -0.25) is 4.79 Å². The second-order valence-corrected chi connectivity index (χ2v) is 4.89. The predicted molar refractivity (Wildman–Crippen MR) is 70.4 cm³/mol. The number of para-hydroxylation sites is 1. The van der Waals surface area contributed by atoms with Crippen molar-refractivity contribution in [1.82, 2.24) is 5.32 Å². The Morgan fingerprint density at radius 1 is 1.44 bits per heavy atom. The standard InChI is InChI=1S/C14H20N2O2/c1-18-13-5-3-2-4-11(13)8-14(17)16-9-10-6-12(15)7-10/h2-5,10,12H,6-9,15H2,1H3,(H,16,17). The van der Waals surface area contributed by atoms with Gasteiger partial charge in [0.15, 0.2) is 0 Å². The largest absolute Gasteiger partial charge is 0.496 e. The number of amides is 1. The van der Waals surface area contributed by atoms with E-state index in [4.69, 9.17) is 10.5 Å². The van der Waals surface area contributed by atoms with Crippen molar-refractivity contribution in [1.29, 1.82) is 0 Å². The lowest BCUT2D eigenvalue weighted by molar-refractivity contribution is -0.120. The van der Waals surface area contributed by atoms with Crippen LogP contribution >= 0.6 is 0 Å². The fraction of sp³-hybridized carbons (Fsp3) is 0.500. The molecule has 0 aromatic heterocycles. The van der Waals surface area contributed by atoms with Crippen molar-refractivity contribution < 1.29 is 9.53 Å². The van der Waals surface area contributed by atoms with Gasteiger partial charge in [-0.15, -0.1) is 0 Å². The molecule has 0 saturated heterocycles. The molecule has 3 N–H and O–H groups in total. The zero-order valence-corrected chi connectivity index (χ0v) is 10.7. The van der Waals surface area contributed by atoms with Crippen LogP contribution in [0.3, 0.4) is 0 Å². The van der Waals surface area contributed by atoms with Crippen molar-refractivity contribution in [2.24, 2.45) is 11.7 Å². The van der Waals surface area contributed by atoms with Gasteiger partial charge in [0, 0.05) is 18.2 Å². The molecule has 0 spiro atoms. The van der Waals surface area contributed by atoms with Crippen molar-refractivity contribution >= 4 is 5.91 Å². The average molecular weight is 248 g/mol. The number of methoxy groups -OCH3 is 1. The Morgan fingerprint density at radius 2 is 2.17 bits per heavy atom. The molecule has 0 bridgehead atoms. The predicted octanol–water partition coefficient (Wildman–Crippen LogP) is 1.09. The topological polar surface area (TPSA) is 64.3 Å². The van der Waals surface area contributed by atoms with Crippen LogP contribution in [0.25, 0.3) is 0 Å². The number of hydrogen-bond donors (Lipinski definition) is 2. The maximum atomic E-state index is 11.8. The lowest BCUT2D eigenvalue weighted by Gasteiger charge is -2.32. The average Bonchev–Trinajstić information content (AvgIpc) is 2.34. The molecule has 18 heavy (non-hydrogen) atoms. The molecule has 1 aromatic rings. The summed E-state index contributed by atoms with van der Waals surface area (Å²) in [6, 6.07) is 7.93. The van der Waals surface area contributed by atoms with Crippen molar-refractivity contribution in [2.75, 3.05) is 13.7 Å².